The number of amides is 1. The number of nitrogens with one attached hydrogen (secondary N) is 1. The van der Waals surface area contributed by atoms with E-state index in [0.29, 0.717) is 19.3 Å². The van der Waals surface area contributed by atoms with Gasteiger partial charge in [0.1, 0.15) is 24.4 Å². The lowest BCUT2D eigenvalue weighted by Gasteiger charge is -2.41. The third-order valence-corrected chi connectivity index (χ3v) is 10.9. The molecule has 0 spiro atoms. The van der Waals surface area contributed by atoms with Gasteiger partial charge < -0.3 is 45.1 Å². The number of hydrogen-bond donors (Lipinski definition) is 6. The number of allylic oxidation sites excluding steroid dienone is 17. The number of hydrogen-bond acceptors (Lipinski definition) is 10. The maximum atomic E-state index is 13.3. The van der Waals surface area contributed by atoms with Crippen LogP contribution in [0.2, 0.25) is 0 Å². The monoisotopic (exact) mass is 910 g/mol. The molecule has 1 saturated heterocycles. The van der Waals surface area contributed by atoms with Gasteiger partial charge in [0.05, 0.1) is 25.4 Å². The molecule has 0 saturated carbocycles. The number of aliphatic hydroxyl groups excluding tert-OH is 5. The maximum Gasteiger partial charge on any atom is 0.306 e. The van der Waals surface area contributed by atoms with Crippen molar-refractivity contribution in [2.45, 2.75) is 205 Å². The predicted octanol–water partition coefficient (Wildman–Crippen LogP) is 9.82. The molecule has 1 amide bonds. The Labute approximate surface area is 392 Å². The summed E-state index contributed by atoms with van der Waals surface area (Å²) in [5, 5.41) is 56.4. The van der Waals surface area contributed by atoms with E-state index in [9.17, 15) is 35.1 Å². The van der Waals surface area contributed by atoms with E-state index in [0.717, 1.165) is 64.2 Å². The molecule has 0 aromatic carbocycles. The zero-order valence-corrected chi connectivity index (χ0v) is 40.1. The van der Waals surface area contributed by atoms with Crippen LogP contribution in [-0.4, -0.2) is 99.6 Å². The van der Waals surface area contributed by atoms with E-state index in [2.05, 4.69) is 44.3 Å². The Kier molecular flexibility index (Phi) is 38.1. The highest BCUT2D eigenvalue weighted by Gasteiger charge is 2.47. The van der Waals surface area contributed by atoms with Crippen LogP contribution >= 0.6 is 0 Å². The molecule has 0 aliphatic carbocycles. The van der Waals surface area contributed by atoms with Gasteiger partial charge in [-0.25, -0.2) is 0 Å². The Morgan fingerprint density at radius 1 is 0.615 bits per heavy atom. The van der Waals surface area contributed by atoms with Crippen molar-refractivity contribution in [3.05, 3.63) is 109 Å². The molecule has 8 atom stereocenters. The average molecular weight is 910 g/mol. The van der Waals surface area contributed by atoms with Crippen LogP contribution in [0.15, 0.2) is 109 Å². The van der Waals surface area contributed by atoms with Gasteiger partial charge in [0.2, 0.25) is 5.91 Å². The number of carbonyl (C=O) groups excluding carboxylic acids is 2. The minimum Gasteiger partial charge on any atom is -0.454 e. The van der Waals surface area contributed by atoms with Crippen molar-refractivity contribution in [3.63, 3.8) is 0 Å². The molecular formula is C54H87NO10. The maximum absolute atomic E-state index is 13.3. The van der Waals surface area contributed by atoms with Crippen LogP contribution in [0.25, 0.3) is 0 Å². The zero-order valence-electron chi connectivity index (χ0n) is 40.1. The van der Waals surface area contributed by atoms with Gasteiger partial charge in [0.15, 0.2) is 12.4 Å². The van der Waals surface area contributed by atoms with Gasteiger partial charge >= 0.3 is 5.97 Å². The molecular weight excluding hydrogens is 823 g/mol. The van der Waals surface area contributed by atoms with Gasteiger partial charge in [-0.3, -0.25) is 9.59 Å². The first-order valence-corrected chi connectivity index (χ1v) is 24.8. The van der Waals surface area contributed by atoms with Crippen LogP contribution in [0.5, 0.6) is 0 Å². The summed E-state index contributed by atoms with van der Waals surface area (Å²) >= 11 is 0. The summed E-state index contributed by atoms with van der Waals surface area (Å²) in [6.07, 6.45) is 44.5. The number of rotatable bonds is 38. The minimum absolute atomic E-state index is 0.0182. The van der Waals surface area contributed by atoms with Crippen LogP contribution in [0, 0.1) is 0 Å². The third-order valence-electron chi connectivity index (χ3n) is 10.9. The van der Waals surface area contributed by atoms with Crippen molar-refractivity contribution in [3.8, 4) is 0 Å². The fourth-order valence-electron chi connectivity index (χ4n) is 6.91. The Balaban J connectivity index is 2.88. The van der Waals surface area contributed by atoms with Crippen LogP contribution in [0.4, 0.5) is 0 Å². The SMILES string of the molecule is CC/C=C/C=C/C=C\C=C/C=C/CCCC(=O)OC1C(OCC(NC(=O)C(O)CCCCCC\C=C/C=C/C=C/CC)C(O)/C=C/CCCCCCCCCCC)OC(CO)C(O)C1O. The van der Waals surface area contributed by atoms with Crippen LogP contribution in [0.3, 0.4) is 0 Å². The molecule has 0 bridgehead atoms. The van der Waals surface area contributed by atoms with Gasteiger partial charge in [-0.15, -0.1) is 0 Å². The molecule has 6 N–H and O–H groups in total. The molecule has 1 heterocycles. The summed E-state index contributed by atoms with van der Waals surface area (Å²) in [5.41, 5.74) is 0. The second-order valence-electron chi connectivity index (χ2n) is 16.6. The highest BCUT2D eigenvalue weighted by atomic mass is 16.7. The van der Waals surface area contributed by atoms with Crippen molar-refractivity contribution < 1.29 is 49.3 Å². The fourth-order valence-corrected chi connectivity index (χ4v) is 6.91. The highest BCUT2D eigenvalue weighted by molar-refractivity contribution is 5.80. The second-order valence-corrected chi connectivity index (χ2v) is 16.6. The normalized spacial score (nSPS) is 21.3. The molecule has 11 heteroatoms. The van der Waals surface area contributed by atoms with E-state index in [1.807, 2.05) is 85.1 Å². The van der Waals surface area contributed by atoms with E-state index in [1.165, 1.54) is 38.5 Å². The van der Waals surface area contributed by atoms with Gasteiger partial charge in [0, 0.05) is 6.42 Å². The molecule has 368 valence electrons. The predicted molar refractivity (Wildman–Crippen MR) is 264 cm³/mol. The van der Waals surface area contributed by atoms with Crippen molar-refractivity contribution in [2.24, 2.45) is 0 Å². The average Bonchev–Trinajstić information content (AvgIpc) is 3.30. The number of esters is 1. The third kappa shape index (κ3) is 31.0. The number of carbonyl (C=O) groups is 2. The van der Waals surface area contributed by atoms with Crippen LogP contribution < -0.4 is 5.32 Å². The van der Waals surface area contributed by atoms with Gasteiger partial charge in [-0.05, 0) is 57.8 Å². The van der Waals surface area contributed by atoms with Crippen molar-refractivity contribution >= 4 is 11.9 Å². The van der Waals surface area contributed by atoms with Crippen molar-refractivity contribution in [2.75, 3.05) is 13.2 Å². The van der Waals surface area contributed by atoms with Crippen molar-refractivity contribution in [1.82, 2.24) is 5.32 Å². The molecule has 8 unspecified atom stereocenters. The number of ether oxygens (including phenoxy) is 3. The summed E-state index contributed by atoms with van der Waals surface area (Å²) in [4.78, 5) is 26.2. The van der Waals surface area contributed by atoms with Crippen molar-refractivity contribution in [1.29, 1.82) is 0 Å². The Hall–Kier alpha value is -3.68. The molecule has 0 radical (unpaired) electrons. The molecule has 1 aliphatic heterocycles. The summed E-state index contributed by atoms with van der Waals surface area (Å²) < 4.78 is 17.4. The van der Waals surface area contributed by atoms with E-state index in [-0.39, 0.29) is 19.4 Å². The zero-order chi connectivity index (χ0) is 47.6. The Bertz CT molecular complexity index is 1460. The lowest BCUT2D eigenvalue weighted by atomic mass is 9.99. The van der Waals surface area contributed by atoms with Crippen LogP contribution in [0.1, 0.15) is 156 Å². The summed E-state index contributed by atoms with van der Waals surface area (Å²) in [6, 6.07) is -1.05. The molecule has 0 aromatic rings. The molecule has 1 fully saturated rings. The lowest BCUT2D eigenvalue weighted by Crippen LogP contribution is -2.61. The van der Waals surface area contributed by atoms with E-state index >= 15 is 0 Å². The second kappa shape index (κ2) is 41.7. The molecule has 1 rings (SSSR count). The van der Waals surface area contributed by atoms with E-state index < -0.39 is 67.4 Å². The lowest BCUT2D eigenvalue weighted by molar-refractivity contribution is -0.305. The quantitative estimate of drug-likeness (QED) is 0.0151. The largest absolute Gasteiger partial charge is 0.454 e. The highest BCUT2D eigenvalue weighted by Crippen LogP contribution is 2.26. The minimum atomic E-state index is -1.65. The molecule has 1 aliphatic rings. The topological polar surface area (TPSA) is 175 Å². The summed E-state index contributed by atoms with van der Waals surface area (Å²) in [6.45, 7) is 5.38. The Morgan fingerprint density at radius 2 is 1.11 bits per heavy atom. The summed E-state index contributed by atoms with van der Waals surface area (Å²) in [7, 11) is 0. The van der Waals surface area contributed by atoms with Gasteiger partial charge in [-0.1, -0.05) is 201 Å². The molecule has 11 nitrogen and oxygen atoms in total. The molecule has 0 aromatic heterocycles. The van der Waals surface area contributed by atoms with Gasteiger partial charge in [-0.2, -0.15) is 0 Å². The first-order chi connectivity index (χ1) is 31.7. The summed E-state index contributed by atoms with van der Waals surface area (Å²) in [5.74, 6) is -1.31. The van der Waals surface area contributed by atoms with Gasteiger partial charge in [0.25, 0.3) is 0 Å². The van der Waals surface area contributed by atoms with E-state index in [1.54, 1.807) is 6.08 Å². The number of aliphatic hydroxyl groups is 5. The fraction of sp³-hybridized carbons (Fsp3) is 0.630. The Morgan fingerprint density at radius 3 is 1.66 bits per heavy atom. The first kappa shape index (κ1) is 59.3. The van der Waals surface area contributed by atoms with Crippen LogP contribution in [-0.2, 0) is 23.8 Å². The molecule has 65 heavy (non-hydrogen) atoms. The number of unbranched alkanes of at least 4 members (excludes halogenated alkanes) is 14. The van der Waals surface area contributed by atoms with E-state index in [4.69, 9.17) is 14.2 Å². The standard InChI is InChI=1S/C54H87NO10/c1-4-7-10-13-16-19-22-24-27-30-33-36-39-42-49(59)65-52-51(61)50(60)48(43-56)64-54(52)63-44-45(46(57)40-37-34-31-28-25-21-18-15-12-9-6-3)55-53(62)47(58)41-38-35-32-29-26-23-20-17-14-11-8-5-2/h7-8,10-11,13-14,16-17,19-20,22-24,27,30,33,37,40,45-48,50-52,54,56-58,60-61H,4-6,9,12,15,18,21,25-26,28-29,31-32,34-36,38-39,41-44H2,1-3H3,(H,55,62)/b10-7+,11-8+,16-13+,17-14+,22-19-,23-20-,27-24-,33-30+,40-37+. The first-order valence-electron chi connectivity index (χ1n) is 24.8. The smallest absolute Gasteiger partial charge is 0.306 e.